The third-order valence-electron chi connectivity index (χ3n) is 6.27. The summed E-state index contributed by atoms with van der Waals surface area (Å²) < 4.78 is 11.3. The number of carbonyl (C=O) groups is 1. The molecule has 2 aliphatic heterocycles. The van der Waals surface area contributed by atoms with Crippen molar-refractivity contribution in [3.63, 3.8) is 0 Å². The molecule has 3 aromatic heterocycles. The zero-order chi connectivity index (χ0) is 22.9. The number of rotatable bonds is 6. The van der Waals surface area contributed by atoms with E-state index in [0.29, 0.717) is 18.3 Å². The Morgan fingerprint density at radius 2 is 1.97 bits per heavy atom. The quantitative estimate of drug-likeness (QED) is 0.385. The molecule has 5 heterocycles. The minimum Gasteiger partial charge on any atom is -0.488 e. The Balaban J connectivity index is 1.01. The Morgan fingerprint density at radius 3 is 2.82 bits per heavy atom. The van der Waals surface area contributed by atoms with Crippen molar-refractivity contribution in [3.05, 3.63) is 64.2 Å². The van der Waals surface area contributed by atoms with Gasteiger partial charge in [-0.1, -0.05) is 23.4 Å². The molecule has 1 aromatic carbocycles. The monoisotopic (exact) mass is 492 g/mol. The molecule has 0 radical (unpaired) electrons. The maximum absolute atomic E-state index is 13.2. The molecule has 0 saturated carbocycles. The number of para-hydroxylation sites is 1. The zero-order valence-corrected chi connectivity index (χ0v) is 20.2. The van der Waals surface area contributed by atoms with E-state index in [1.54, 1.807) is 22.7 Å². The van der Waals surface area contributed by atoms with Crippen LogP contribution in [0, 0.1) is 0 Å². The van der Waals surface area contributed by atoms with Gasteiger partial charge in [0, 0.05) is 48.6 Å². The van der Waals surface area contributed by atoms with E-state index in [4.69, 9.17) is 9.26 Å². The molecule has 0 aliphatic carbocycles. The van der Waals surface area contributed by atoms with E-state index in [-0.39, 0.29) is 5.91 Å². The van der Waals surface area contributed by atoms with Crippen LogP contribution < -0.4 is 4.74 Å². The summed E-state index contributed by atoms with van der Waals surface area (Å²) >= 11 is 3.20. The molecular formula is C25H24N4O3S2. The second kappa shape index (κ2) is 9.32. The summed E-state index contributed by atoms with van der Waals surface area (Å²) in [6, 6.07) is 14.0. The molecule has 174 valence electrons. The van der Waals surface area contributed by atoms with Gasteiger partial charge in [0.2, 0.25) is 11.7 Å². The third-order valence-corrected chi connectivity index (χ3v) is 8.33. The van der Waals surface area contributed by atoms with Crippen molar-refractivity contribution in [3.8, 4) is 26.9 Å². The molecule has 0 atom stereocenters. The van der Waals surface area contributed by atoms with Gasteiger partial charge in [0.15, 0.2) is 0 Å². The summed E-state index contributed by atoms with van der Waals surface area (Å²) in [5.41, 5.74) is 2.19. The standard InChI is InChI=1S/C25H24N4O3S2/c30-25(21-15-17-16-31-19-6-2-1-5-18(19)23(17)34-21)29-12-10-28(11-13-29)9-3-8-22-26-24(27-32-22)20-7-4-14-33-20/h1-2,4-7,14-15H,3,8-13,16H2. The summed E-state index contributed by atoms with van der Waals surface area (Å²) in [6.07, 6.45) is 1.72. The van der Waals surface area contributed by atoms with Crippen LogP contribution in [-0.2, 0) is 13.0 Å². The van der Waals surface area contributed by atoms with Crippen molar-refractivity contribution in [2.75, 3.05) is 32.7 Å². The lowest BCUT2D eigenvalue weighted by atomic mass is 10.1. The second-order valence-corrected chi connectivity index (χ2v) is 10.5. The molecular weight excluding hydrogens is 468 g/mol. The molecule has 34 heavy (non-hydrogen) atoms. The summed E-state index contributed by atoms with van der Waals surface area (Å²) in [5.74, 6) is 2.38. The van der Waals surface area contributed by atoms with Gasteiger partial charge < -0.3 is 14.2 Å². The lowest BCUT2D eigenvalue weighted by Crippen LogP contribution is -2.48. The highest BCUT2D eigenvalue weighted by molar-refractivity contribution is 7.17. The van der Waals surface area contributed by atoms with Gasteiger partial charge in [0.1, 0.15) is 12.4 Å². The van der Waals surface area contributed by atoms with E-state index >= 15 is 0 Å². The Bertz CT molecular complexity index is 1290. The molecule has 9 heteroatoms. The molecule has 4 aromatic rings. The van der Waals surface area contributed by atoms with Gasteiger partial charge in [-0.3, -0.25) is 9.69 Å². The number of aryl methyl sites for hydroxylation is 1. The predicted octanol–water partition coefficient (Wildman–Crippen LogP) is 4.81. The first-order valence-electron chi connectivity index (χ1n) is 11.5. The van der Waals surface area contributed by atoms with E-state index in [2.05, 4.69) is 21.1 Å². The topological polar surface area (TPSA) is 71.7 Å². The van der Waals surface area contributed by atoms with Gasteiger partial charge >= 0.3 is 0 Å². The Kier molecular flexibility index (Phi) is 5.90. The molecule has 0 bridgehead atoms. The largest absolute Gasteiger partial charge is 0.488 e. The maximum atomic E-state index is 13.2. The molecule has 1 saturated heterocycles. The van der Waals surface area contributed by atoms with Crippen LogP contribution in [0.3, 0.4) is 0 Å². The van der Waals surface area contributed by atoms with Crippen LogP contribution >= 0.6 is 22.7 Å². The maximum Gasteiger partial charge on any atom is 0.264 e. The number of benzene rings is 1. The SMILES string of the molecule is O=C(c1cc2c(s1)-c1ccccc1OC2)N1CCN(CCCc2nc(-c3cccs3)no2)CC1. The van der Waals surface area contributed by atoms with Crippen molar-refractivity contribution in [1.29, 1.82) is 0 Å². The van der Waals surface area contributed by atoms with Crippen LogP contribution in [0.25, 0.3) is 21.1 Å². The van der Waals surface area contributed by atoms with Gasteiger partial charge in [-0.05, 0) is 42.6 Å². The number of hydrogen-bond acceptors (Lipinski definition) is 8. The van der Waals surface area contributed by atoms with Gasteiger partial charge in [-0.25, -0.2) is 0 Å². The molecule has 1 fully saturated rings. The number of aromatic nitrogens is 2. The van der Waals surface area contributed by atoms with Crippen LogP contribution in [0.4, 0.5) is 0 Å². The number of amides is 1. The number of thiophene rings is 2. The highest BCUT2D eigenvalue weighted by Gasteiger charge is 2.27. The van der Waals surface area contributed by atoms with Crippen molar-refractivity contribution >= 4 is 28.6 Å². The Labute approximate surface area is 205 Å². The van der Waals surface area contributed by atoms with Gasteiger partial charge in [-0.15, -0.1) is 22.7 Å². The first-order valence-corrected chi connectivity index (χ1v) is 13.2. The van der Waals surface area contributed by atoms with E-state index < -0.39 is 0 Å². The predicted molar refractivity (Wildman–Crippen MR) is 132 cm³/mol. The fourth-order valence-electron chi connectivity index (χ4n) is 4.45. The first-order chi connectivity index (χ1) is 16.7. The second-order valence-electron chi connectivity index (χ2n) is 8.48. The van der Waals surface area contributed by atoms with E-state index in [9.17, 15) is 4.79 Å². The van der Waals surface area contributed by atoms with Gasteiger partial charge in [0.25, 0.3) is 5.91 Å². The summed E-state index contributed by atoms with van der Waals surface area (Å²) in [5, 5.41) is 6.09. The van der Waals surface area contributed by atoms with Crippen LogP contribution in [0.1, 0.15) is 27.5 Å². The van der Waals surface area contributed by atoms with Crippen molar-refractivity contribution in [2.45, 2.75) is 19.4 Å². The molecule has 0 unspecified atom stereocenters. The van der Waals surface area contributed by atoms with Gasteiger partial charge in [-0.2, -0.15) is 4.98 Å². The van der Waals surface area contributed by atoms with Crippen molar-refractivity contribution < 1.29 is 14.1 Å². The molecule has 0 spiro atoms. The number of piperazine rings is 1. The molecule has 2 aliphatic rings. The van der Waals surface area contributed by atoms with Crippen molar-refractivity contribution in [2.24, 2.45) is 0 Å². The minimum absolute atomic E-state index is 0.128. The molecule has 0 N–H and O–H groups in total. The average molecular weight is 493 g/mol. The Hall–Kier alpha value is -3.01. The van der Waals surface area contributed by atoms with Crippen LogP contribution in [0.15, 0.2) is 52.4 Å². The normalized spacial score (nSPS) is 15.6. The molecule has 7 nitrogen and oxygen atoms in total. The zero-order valence-electron chi connectivity index (χ0n) is 18.6. The number of fused-ring (bicyclic) bond motifs is 3. The van der Waals surface area contributed by atoms with Crippen LogP contribution in [0.2, 0.25) is 0 Å². The highest BCUT2D eigenvalue weighted by Crippen LogP contribution is 2.42. The molecule has 1 amide bonds. The lowest BCUT2D eigenvalue weighted by molar-refractivity contribution is 0.0640. The first kappa shape index (κ1) is 21.5. The van der Waals surface area contributed by atoms with E-state index in [0.717, 1.165) is 77.1 Å². The average Bonchev–Trinajstić information content (AvgIpc) is 3.64. The lowest BCUT2D eigenvalue weighted by Gasteiger charge is -2.34. The summed E-state index contributed by atoms with van der Waals surface area (Å²) in [7, 11) is 0. The van der Waals surface area contributed by atoms with E-state index in [1.165, 1.54) is 0 Å². The highest BCUT2D eigenvalue weighted by atomic mass is 32.1. The number of nitrogens with zero attached hydrogens (tertiary/aromatic N) is 4. The molecule has 6 rings (SSSR count). The summed E-state index contributed by atoms with van der Waals surface area (Å²) in [6.45, 7) is 4.74. The number of hydrogen-bond donors (Lipinski definition) is 0. The fourth-order valence-corrected chi connectivity index (χ4v) is 6.27. The third kappa shape index (κ3) is 4.26. The van der Waals surface area contributed by atoms with Crippen LogP contribution in [-0.4, -0.2) is 58.6 Å². The van der Waals surface area contributed by atoms with E-state index in [1.807, 2.05) is 46.7 Å². The smallest absolute Gasteiger partial charge is 0.264 e. The summed E-state index contributed by atoms with van der Waals surface area (Å²) in [4.78, 5) is 25.1. The minimum atomic E-state index is 0.128. The van der Waals surface area contributed by atoms with Crippen LogP contribution in [0.5, 0.6) is 5.75 Å². The van der Waals surface area contributed by atoms with Gasteiger partial charge in [0.05, 0.1) is 9.75 Å². The number of ether oxygens (including phenoxy) is 1. The fraction of sp³-hybridized carbons (Fsp3) is 0.320. The Morgan fingerprint density at radius 1 is 1.09 bits per heavy atom. The van der Waals surface area contributed by atoms with Crippen molar-refractivity contribution in [1.82, 2.24) is 19.9 Å². The number of carbonyl (C=O) groups excluding carboxylic acids is 1.